The average Bonchev–Trinajstić information content (AvgIpc) is 2.40. The van der Waals surface area contributed by atoms with Crippen LogP contribution in [0.3, 0.4) is 0 Å². The van der Waals surface area contributed by atoms with Crippen molar-refractivity contribution in [2.45, 2.75) is 12.4 Å². The predicted octanol–water partition coefficient (Wildman–Crippen LogP) is 2.09. The number of nitrogens with one attached hydrogen (secondary N) is 2. The largest absolute Gasteiger partial charge is 0.441 e. The predicted molar refractivity (Wildman–Crippen MR) is 75.0 cm³/mol. The van der Waals surface area contributed by atoms with E-state index in [2.05, 4.69) is 10.6 Å². The minimum absolute atomic E-state index is 0.108. The quantitative estimate of drug-likeness (QED) is 0.789. The molecular weight excluding hydrogens is 305 g/mol. The molecular formula is C13H15F3N2O2S. The molecule has 0 saturated heterocycles. The zero-order valence-electron chi connectivity index (χ0n) is 11.3. The number of rotatable bonds is 6. The first-order valence-corrected chi connectivity index (χ1v) is 7.09. The maximum atomic E-state index is 11.9. The number of benzene rings is 1. The van der Waals surface area contributed by atoms with Crippen molar-refractivity contribution in [1.29, 1.82) is 0 Å². The van der Waals surface area contributed by atoms with Crippen LogP contribution in [-0.4, -0.2) is 36.2 Å². The van der Waals surface area contributed by atoms with Crippen molar-refractivity contribution < 1.29 is 22.8 Å². The Morgan fingerprint density at radius 2 is 1.86 bits per heavy atom. The fourth-order valence-electron chi connectivity index (χ4n) is 1.50. The fourth-order valence-corrected chi connectivity index (χ4v) is 1.94. The lowest BCUT2D eigenvalue weighted by atomic mass is 10.1. The van der Waals surface area contributed by atoms with Gasteiger partial charge in [-0.3, -0.25) is 9.59 Å². The molecule has 2 N–H and O–H groups in total. The van der Waals surface area contributed by atoms with Crippen molar-refractivity contribution in [3.63, 3.8) is 0 Å². The van der Waals surface area contributed by atoms with E-state index >= 15 is 0 Å². The molecule has 21 heavy (non-hydrogen) atoms. The molecule has 8 heteroatoms. The lowest BCUT2D eigenvalue weighted by Gasteiger charge is -2.09. The van der Waals surface area contributed by atoms with Crippen LogP contribution in [0, 0.1) is 6.92 Å². The number of alkyl halides is 3. The van der Waals surface area contributed by atoms with Crippen LogP contribution in [0.15, 0.2) is 24.3 Å². The van der Waals surface area contributed by atoms with Gasteiger partial charge < -0.3 is 10.6 Å². The van der Waals surface area contributed by atoms with Crippen molar-refractivity contribution in [3.8, 4) is 0 Å². The third-order valence-electron chi connectivity index (χ3n) is 2.49. The number of halogens is 3. The number of aryl methyl sites for hydroxylation is 1. The molecule has 0 aliphatic carbocycles. The molecule has 2 amide bonds. The Hall–Kier alpha value is -1.70. The number of thioether (sulfide) groups is 1. The van der Waals surface area contributed by atoms with Gasteiger partial charge in [-0.05, 0) is 30.3 Å². The Bertz CT molecular complexity index is 506. The Kier molecular flexibility index (Phi) is 6.54. The van der Waals surface area contributed by atoms with Crippen molar-refractivity contribution in [3.05, 3.63) is 35.4 Å². The maximum absolute atomic E-state index is 11.9. The van der Waals surface area contributed by atoms with E-state index in [-0.39, 0.29) is 30.6 Å². The summed E-state index contributed by atoms with van der Waals surface area (Å²) < 4.78 is 35.6. The highest BCUT2D eigenvalue weighted by Gasteiger charge is 2.27. The molecule has 0 aliphatic rings. The molecule has 116 valence electrons. The first kappa shape index (κ1) is 17.4. The number of hydrogen-bond donors (Lipinski definition) is 2. The molecule has 0 heterocycles. The van der Waals surface area contributed by atoms with Gasteiger partial charge in [-0.25, -0.2) is 0 Å². The van der Waals surface area contributed by atoms with Gasteiger partial charge in [-0.15, -0.1) is 0 Å². The Labute approximate surface area is 124 Å². The zero-order chi connectivity index (χ0) is 15.9. The molecule has 1 aromatic rings. The minimum atomic E-state index is -4.30. The molecule has 0 fully saturated rings. The number of amides is 2. The van der Waals surface area contributed by atoms with Gasteiger partial charge in [0, 0.05) is 17.9 Å². The first-order valence-electron chi connectivity index (χ1n) is 6.11. The SMILES string of the molecule is Cc1ccccc1C(=O)NCC(=O)NCCSC(F)(F)F. The van der Waals surface area contributed by atoms with Crippen LogP contribution in [0.25, 0.3) is 0 Å². The fraction of sp³-hybridized carbons (Fsp3) is 0.385. The van der Waals surface area contributed by atoms with E-state index in [1.165, 1.54) is 0 Å². The van der Waals surface area contributed by atoms with Crippen molar-refractivity contribution >= 4 is 23.6 Å². The molecule has 0 aliphatic heterocycles. The Morgan fingerprint density at radius 3 is 2.48 bits per heavy atom. The first-order chi connectivity index (χ1) is 9.79. The molecule has 0 unspecified atom stereocenters. The van der Waals surface area contributed by atoms with Crippen LogP contribution >= 0.6 is 11.8 Å². The van der Waals surface area contributed by atoms with Crippen LogP contribution in [0.2, 0.25) is 0 Å². The molecule has 0 spiro atoms. The summed E-state index contributed by atoms with van der Waals surface area (Å²) in [5.74, 6) is -1.19. The average molecular weight is 320 g/mol. The topological polar surface area (TPSA) is 58.2 Å². The van der Waals surface area contributed by atoms with Crippen LogP contribution < -0.4 is 10.6 Å². The molecule has 4 nitrogen and oxygen atoms in total. The van der Waals surface area contributed by atoms with Crippen molar-refractivity contribution in [2.24, 2.45) is 0 Å². The minimum Gasteiger partial charge on any atom is -0.354 e. The highest BCUT2D eigenvalue weighted by molar-refractivity contribution is 8.00. The second-order valence-electron chi connectivity index (χ2n) is 4.14. The number of carbonyl (C=O) groups excluding carboxylic acids is 2. The number of hydrogen-bond acceptors (Lipinski definition) is 3. The van der Waals surface area contributed by atoms with Crippen LogP contribution in [0.5, 0.6) is 0 Å². The molecule has 0 aromatic heterocycles. The van der Waals surface area contributed by atoms with E-state index in [4.69, 9.17) is 0 Å². The van der Waals surface area contributed by atoms with Crippen LogP contribution in [0.4, 0.5) is 13.2 Å². The third kappa shape index (κ3) is 7.03. The zero-order valence-corrected chi connectivity index (χ0v) is 12.1. The lowest BCUT2D eigenvalue weighted by molar-refractivity contribution is -0.120. The molecule has 1 rings (SSSR count). The van der Waals surface area contributed by atoms with Gasteiger partial charge in [0.15, 0.2) is 0 Å². The van der Waals surface area contributed by atoms with Gasteiger partial charge in [0.05, 0.1) is 6.54 Å². The van der Waals surface area contributed by atoms with Crippen molar-refractivity contribution in [2.75, 3.05) is 18.8 Å². The number of carbonyl (C=O) groups is 2. The highest BCUT2D eigenvalue weighted by Crippen LogP contribution is 2.29. The van der Waals surface area contributed by atoms with E-state index in [1.807, 2.05) is 0 Å². The van der Waals surface area contributed by atoms with Gasteiger partial charge in [0.25, 0.3) is 5.91 Å². The van der Waals surface area contributed by atoms with Gasteiger partial charge in [0.2, 0.25) is 5.91 Å². The highest BCUT2D eigenvalue weighted by atomic mass is 32.2. The summed E-state index contributed by atoms with van der Waals surface area (Å²) in [4.78, 5) is 23.2. The molecule has 0 atom stereocenters. The van der Waals surface area contributed by atoms with Crippen LogP contribution in [-0.2, 0) is 4.79 Å². The van der Waals surface area contributed by atoms with Gasteiger partial charge in [-0.2, -0.15) is 13.2 Å². The monoisotopic (exact) mass is 320 g/mol. The van der Waals surface area contributed by atoms with Crippen LogP contribution in [0.1, 0.15) is 15.9 Å². The maximum Gasteiger partial charge on any atom is 0.441 e. The summed E-state index contributed by atoms with van der Waals surface area (Å²) in [5.41, 5.74) is -3.07. The summed E-state index contributed by atoms with van der Waals surface area (Å²) in [6, 6.07) is 6.89. The summed E-state index contributed by atoms with van der Waals surface area (Å²) >= 11 is -0.203. The standard InChI is InChI=1S/C13H15F3N2O2S/c1-9-4-2-3-5-10(9)12(20)18-8-11(19)17-6-7-21-13(14,15)16/h2-5H,6-8H2,1H3,(H,17,19)(H,18,20). The second-order valence-corrected chi connectivity index (χ2v) is 5.30. The van der Waals surface area contributed by atoms with Gasteiger partial charge >= 0.3 is 5.51 Å². The lowest BCUT2D eigenvalue weighted by Crippen LogP contribution is -2.38. The van der Waals surface area contributed by atoms with E-state index in [1.54, 1.807) is 31.2 Å². The third-order valence-corrected chi connectivity index (χ3v) is 3.22. The molecule has 0 bridgehead atoms. The van der Waals surface area contributed by atoms with E-state index < -0.39 is 17.3 Å². The summed E-state index contributed by atoms with van der Waals surface area (Å²) in [5, 5.41) is 4.72. The Balaban J connectivity index is 2.27. The Morgan fingerprint density at radius 1 is 1.19 bits per heavy atom. The normalized spacial score (nSPS) is 11.0. The van der Waals surface area contributed by atoms with Crippen molar-refractivity contribution in [1.82, 2.24) is 10.6 Å². The molecule has 0 radical (unpaired) electrons. The van der Waals surface area contributed by atoms with Gasteiger partial charge in [-0.1, -0.05) is 18.2 Å². The molecule has 0 saturated carbocycles. The second kappa shape index (κ2) is 7.92. The van der Waals surface area contributed by atoms with E-state index in [0.29, 0.717) is 5.56 Å². The van der Waals surface area contributed by atoms with E-state index in [0.717, 1.165) is 5.56 Å². The van der Waals surface area contributed by atoms with E-state index in [9.17, 15) is 22.8 Å². The summed E-state index contributed by atoms with van der Waals surface area (Å²) in [7, 11) is 0. The van der Waals surface area contributed by atoms with Gasteiger partial charge in [0.1, 0.15) is 0 Å². The summed E-state index contributed by atoms with van der Waals surface area (Å²) in [6.45, 7) is 1.39. The summed E-state index contributed by atoms with van der Waals surface area (Å²) in [6.07, 6.45) is 0. The smallest absolute Gasteiger partial charge is 0.354 e. The molecule has 1 aromatic carbocycles.